The molecule has 1 atom stereocenters. The molecule has 150 valence electrons. The molecule has 7 nitrogen and oxygen atoms in total. The highest BCUT2D eigenvalue weighted by Crippen LogP contribution is 2.34. The molecule has 1 saturated heterocycles. The third-order valence-electron chi connectivity index (χ3n) is 5.36. The van der Waals surface area contributed by atoms with Crippen molar-refractivity contribution < 1.29 is 18.8 Å². The summed E-state index contributed by atoms with van der Waals surface area (Å²) in [4.78, 5) is 18.9. The summed E-state index contributed by atoms with van der Waals surface area (Å²) in [6, 6.07) is 11.5. The number of nitrogens with zero attached hydrogens (tertiary/aromatic N) is 3. The predicted molar refractivity (Wildman–Crippen MR) is 108 cm³/mol. The lowest BCUT2D eigenvalue weighted by molar-refractivity contribution is -0.117. The molecule has 2 heterocycles. The molecule has 1 unspecified atom stereocenters. The van der Waals surface area contributed by atoms with Crippen molar-refractivity contribution in [2.24, 2.45) is 0 Å². The molecule has 1 amide bonds. The first-order chi connectivity index (χ1) is 14.0. The maximum atomic E-state index is 12.6. The lowest BCUT2D eigenvalue weighted by Gasteiger charge is -2.17. The Kier molecular flexibility index (Phi) is 4.96. The third kappa shape index (κ3) is 3.55. The summed E-state index contributed by atoms with van der Waals surface area (Å²) in [5.74, 6) is 2.09. The zero-order chi connectivity index (χ0) is 20.5. The Bertz CT molecular complexity index is 1060. The summed E-state index contributed by atoms with van der Waals surface area (Å²) in [7, 11) is 3.16. The van der Waals surface area contributed by atoms with Crippen molar-refractivity contribution >= 4 is 11.6 Å². The van der Waals surface area contributed by atoms with E-state index in [2.05, 4.69) is 17.1 Å². The van der Waals surface area contributed by atoms with Crippen LogP contribution < -0.4 is 14.4 Å². The molecule has 1 aromatic heterocycles. The van der Waals surface area contributed by atoms with Gasteiger partial charge in [0.2, 0.25) is 5.91 Å². The van der Waals surface area contributed by atoms with Crippen LogP contribution in [0.2, 0.25) is 0 Å². The number of aromatic nitrogens is 2. The van der Waals surface area contributed by atoms with Gasteiger partial charge in [0.1, 0.15) is 0 Å². The molecule has 29 heavy (non-hydrogen) atoms. The van der Waals surface area contributed by atoms with E-state index in [1.807, 2.05) is 31.2 Å². The standard InChI is InChI=1S/C22H23N3O4/c1-13-5-7-17(9-14(13)2)25-12-16(11-20(25)26)21-23-22(29-24-21)15-6-8-18(27-3)19(10-15)28-4/h5-10,16H,11-12H2,1-4H3. The average Bonchev–Trinajstić information content (AvgIpc) is 3.36. The first-order valence-corrected chi connectivity index (χ1v) is 9.43. The fourth-order valence-corrected chi connectivity index (χ4v) is 3.51. The lowest BCUT2D eigenvalue weighted by Crippen LogP contribution is -2.24. The highest BCUT2D eigenvalue weighted by Gasteiger charge is 2.34. The predicted octanol–water partition coefficient (Wildman–Crippen LogP) is 3.89. The zero-order valence-electron chi connectivity index (χ0n) is 16.9. The van der Waals surface area contributed by atoms with E-state index in [0.29, 0.717) is 36.2 Å². The Morgan fingerprint density at radius 3 is 2.55 bits per heavy atom. The van der Waals surface area contributed by atoms with Crippen LogP contribution in [0.1, 0.15) is 29.3 Å². The highest BCUT2D eigenvalue weighted by molar-refractivity contribution is 5.96. The molecule has 7 heteroatoms. The second-order valence-corrected chi connectivity index (χ2v) is 7.20. The van der Waals surface area contributed by atoms with E-state index in [9.17, 15) is 4.79 Å². The normalized spacial score (nSPS) is 16.3. The molecule has 0 saturated carbocycles. The first kappa shape index (κ1) is 19.0. The molecule has 2 aromatic carbocycles. The maximum Gasteiger partial charge on any atom is 0.258 e. The second-order valence-electron chi connectivity index (χ2n) is 7.20. The molecule has 1 fully saturated rings. The van der Waals surface area contributed by atoms with Gasteiger partial charge in [0, 0.05) is 30.1 Å². The van der Waals surface area contributed by atoms with Crippen molar-refractivity contribution in [3.05, 3.63) is 53.3 Å². The Morgan fingerprint density at radius 1 is 1.03 bits per heavy atom. The fraction of sp³-hybridized carbons (Fsp3) is 0.318. The number of methoxy groups -OCH3 is 2. The van der Waals surface area contributed by atoms with Crippen LogP contribution in [0, 0.1) is 13.8 Å². The molecular weight excluding hydrogens is 370 g/mol. The molecule has 3 aromatic rings. The van der Waals surface area contributed by atoms with Crippen LogP contribution in [0.15, 0.2) is 40.9 Å². The summed E-state index contributed by atoms with van der Waals surface area (Å²) < 4.78 is 16.1. The van der Waals surface area contributed by atoms with Gasteiger partial charge in [-0.05, 0) is 55.3 Å². The first-order valence-electron chi connectivity index (χ1n) is 9.43. The Morgan fingerprint density at radius 2 is 1.83 bits per heavy atom. The van der Waals surface area contributed by atoms with Crippen molar-refractivity contribution in [1.82, 2.24) is 10.1 Å². The summed E-state index contributed by atoms with van der Waals surface area (Å²) in [6.07, 6.45) is 0.359. The fourth-order valence-electron chi connectivity index (χ4n) is 3.51. The number of ether oxygens (including phenoxy) is 2. The smallest absolute Gasteiger partial charge is 0.258 e. The van der Waals surface area contributed by atoms with Crippen LogP contribution in [0.4, 0.5) is 5.69 Å². The largest absolute Gasteiger partial charge is 0.493 e. The summed E-state index contributed by atoms with van der Waals surface area (Å²) >= 11 is 0. The lowest BCUT2D eigenvalue weighted by atomic mass is 10.1. The van der Waals surface area contributed by atoms with Gasteiger partial charge in [-0.3, -0.25) is 4.79 Å². The van der Waals surface area contributed by atoms with Crippen LogP contribution >= 0.6 is 0 Å². The highest BCUT2D eigenvalue weighted by atomic mass is 16.5. The van der Waals surface area contributed by atoms with Crippen molar-refractivity contribution in [2.45, 2.75) is 26.2 Å². The van der Waals surface area contributed by atoms with Crippen LogP contribution in [-0.4, -0.2) is 36.8 Å². The quantitative estimate of drug-likeness (QED) is 0.654. The molecule has 0 spiro atoms. The summed E-state index contributed by atoms with van der Waals surface area (Å²) in [5, 5.41) is 4.13. The number of aryl methyl sites for hydroxylation is 2. The van der Waals surface area contributed by atoms with Gasteiger partial charge in [-0.25, -0.2) is 0 Å². The molecule has 1 aliphatic rings. The molecule has 0 bridgehead atoms. The van der Waals surface area contributed by atoms with E-state index in [1.54, 1.807) is 31.3 Å². The number of carbonyl (C=O) groups excluding carboxylic acids is 1. The topological polar surface area (TPSA) is 77.7 Å². The van der Waals surface area contributed by atoms with E-state index < -0.39 is 0 Å². The van der Waals surface area contributed by atoms with E-state index >= 15 is 0 Å². The number of anilines is 1. The summed E-state index contributed by atoms with van der Waals surface area (Å²) in [5.41, 5.74) is 4.00. The number of hydrogen-bond donors (Lipinski definition) is 0. The molecule has 0 radical (unpaired) electrons. The van der Waals surface area contributed by atoms with Gasteiger partial charge in [0.15, 0.2) is 17.3 Å². The van der Waals surface area contributed by atoms with Crippen LogP contribution in [-0.2, 0) is 4.79 Å². The Balaban J connectivity index is 1.56. The number of amides is 1. The third-order valence-corrected chi connectivity index (χ3v) is 5.36. The molecule has 4 rings (SSSR count). The van der Waals surface area contributed by atoms with E-state index in [0.717, 1.165) is 16.8 Å². The van der Waals surface area contributed by atoms with Crippen molar-refractivity contribution in [3.63, 3.8) is 0 Å². The minimum atomic E-state index is -0.109. The Hall–Kier alpha value is -3.35. The number of hydrogen-bond acceptors (Lipinski definition) is 6. The Labute approximate surface area is 169 Å². The molecule has 0 N–H and O–H groups in total. The van der Waals surface area contributed by atoms with Crippen molar-refractivity contribution in [1.29, 1.82) is 0 Å². The van der Waals surface area contributed by atoms with Crippen LogP contribution in [0.3, 0.4) is 0 Å². The summed E-state index contributed by atoms with van der Waals surface area (Å²) in [6.45, 7) is 4.64. The minimum Gasteiger partial charge on any atom is -0.493 e. The van der Waals surface area contributed by atoms with E-state index in [1.165, 1.54) is 5.56 Å². The van der Waals surface area contributed by atoms with Crippen LogP contribution in [0.25, 0.3) is 11.5 Å². The second kappa shape index (κ2) is 7.58. The number of benzene rings is 2. The molecule has 0 aliphatic carbocycles. The van der Waals surface area contributed by atoms with Crippen molar-refractivity contribution in [2.75, 3.05) is 25.7 Å². The van der Waals surface area contributed by atoms with Gasteiger partial charge >= 0.3 is 0 Å². The van der Waals surface area contributed by atoms with Gasteiger partial charge in [-0.15, -0.1) is 0 Å². The maximum absolute atomic E-state index is 12.6. The number of rotatable bonds is 5. The van der Waals surface area contributed by atoms with E-state index in [4.69, 9.17) is 14.0 Å². The molecule has 1 aliphatic heterocycles. The average molecular weight is 393 g/mol. The zero-order valence-corrected chi connectivity index (χ0v) is 16.9. The van der Waals surface area contributed by atoms with Gasteiger partial charge in [-0.2, -0.15) is 4.98 Å². The van der Waals surface area contributed by atoms with Gasteiger partial charge in [-0.1, -0.05) is 11.2 Å². The van der Waals surface area contributed by atoms with Gasteiger partial charge < -0.3 is 18.9 Å². The van der Waals surface area contributed by atoms with Crippen molar-refractivity contribution in [3.8, 4) is 23.0 Å². The van der Waals surface area contributed by atoms with E-state index in [-0.39, 0.29) is 11.8 Å². The van der Waals surface area contributed by atoms with Gasteiger partial charge in [0.05, 0.1) is 14.2 Å². The minimum absolute atomic E-state index is 0.0655. The van der Waals surface area contributed by atoms with Gasteiger partial charge in [0.25, 0.3) is 5.89 Å². The number of carbonyl (C=O) groups is 1. The monoisotopic (exact) mass is 393 g/mol. The van der Waals surface area contributed by atoms with Crippen LogP contribution in [0.5, 0.6) is 11.5 Å². The SMILES string of the molecule is COc1ccc(-c2nc(C3CC(=O)N(c4ccc(C)c(C)c4)C3)no2)cc1OC. The molecular formula is C22H23N3O4.